The Labute approximate surface area is 127 Å². The van der Waals surface area contributed by atoms with Gasteiger partial charge in [-0.15, -0.1) is 0 Å². The van der Waals surface area contributed by atoms with Gasteiger partial charge in [0.25, 0.3) is 5.56 Å². The maximum absolute atomic E-state index is 12.3. The normalized spacial score (nSPS) is 10.5. The van der Waals surface area contributed by atoms with E-state index in [1.165, 1.54) is 0 Å². The zero-order chi connectivity index (χ0) is 14.7. The summed E-state index contributed by atoms with van der Waals surface area (Å²) in [5.41, 5.74) is 3.34. The van der Waals surface area contributed by atoms with E-state index in [0.29, 0.717) is 16.8 Å². The van der Waals surface area contributed by atoms with E-state index >= 15 is 0 Å². The third kappa shape index (κ3) is 3.01. The van der Waals surface area contributed by atoms with E-state index in [9.17, 15) is 4.79 Å². The van der Waals surface area contributed by atoms with Crippen LogP contribution in [-0.4, -0.2) is 9.97 Å². The molecule has 0 saturated carbocycles. The van der Waals surface area contributed by atoms with Gasteiger partial charge in [-0.05, 0) is 23.3 Å². The van der Waals surface area contributed by atoms with Gasteiger partial charge in [0.15, 0.2) is 4.77 Å². The summed E-state index contributed by atoms with van der Waals surface area (Å²) in [5, 5.41) is 0. The smallest absolute Gasteiger partial charge is 0.259 e. The summed E-state index contributed by atoms with van der Waals surface area (Å²) in [6.07, 6.45) is 0.638. The van der Waals surface area contributed by atoms with Crippen LogP contribution in [0.2, 0.25) is 0 Å². The predicted octanol–water partition coefficient (Wildman–Crippen LogP) is 3.69. The van der Waals surface area contributed by atoms with Crippen molar-refractivity contribution < 1.29 is 0 Å². The van der Waals surface area contributed by atoms with Crippen LogP contribution in [-0.2, 0) is 6.42 Å². The molecule has 21 heavy (non-hydrogen) atoms. The third-order valence-corrected chi connectivity index (χ3v) is 3.51. The molecule has 0 spiro atoms. The molecule has 3 aromatic rings. The van der Waals surface area contributed by atoms with Gasteiger partial charge in [-0.3, -0.25) is 9.78 Å². The van der Waals surface area contributed by atoms with Gasteiger partial charge in [0.2, 0.25) is 0 Å². The molecule has 0 atom stereocenters. The molecule has 0 unspecified atom stereocenters. The van der Waals surface area contributed by atoms with Crippen LogP contribution in [0.4, 0.5) is 0 Å². The molecular formula is C17H14N2OS. The zero-order valence-electron chi connectivity index (χ0n) is 11.3. The van der Waals surface area contributed by atoms with Crippen molar-refractivity contribution in [3.8, 4) is 11.1 Å². The molecule has 1 heterocycles. The quantitative estimate of drug-likeness (QED) is 0.724. The molecule has 0 aliphatic rings. The van der Waals surface area contributed by atoms with E-state index in [1.807, 2.05) is 60.7 Å². The number of aromatic amines is 2. The second-order valence-corrected chi connectivity index (χ2v) is 5.20. The second-order valence-electron chi connectivity index (χ2n) is 4.79. The fraction of sp³-hybridized carbons (Fsp3) is 0.0588. The van der Waals surface area contributed by atoms with E-state index in [4.69, 9.17) is 12.2 Å². The standard InChI is InChI=1S/C17H14N2OS/c20-16-15(13-9-5-2-6-10-13)14(18-17(21)19-16)11-12-7-3-1-4-8-12/h1-10H,11H2,(H2,18,19,20,21). The molecule has 0 aliphatic carbocycles. The van der Waals surface area contributed by atoms with Gasteiger partial charge >= 0.3 is 0 Å². The monoisotopic (exact) mass is 294 g/mol. The van der Waals surface area contributed by atoms with Crippen LogP contribution in [0.5, 0.6) is 0 Å². The maximum atomic E-state index is 12.3. The highest BCUT2D eigenvalue weighted by atomic mass is 32.1. The Hall–Kier alpha value is -2.46. The van der Waals surface area contributed by atoms with Gasteiger partial charge in [0.1, 0.15) is 0 Å². The molecule has 0 fully saturated rings. The molecule has 3 rings (SSSR count). The molecule has 1 aromatic heterocycles. The Morgan fingerprint density at radius 2 is 1.48 bits per heavy atom. The van der Waals surface area contributed by atoms with Gasteiger partial charge in [-0.2, -0.15) is 0 Å². The minimum absolute atomic E-state index is 0.157. The average molecular weight is 294 g/mol. The van der Waals surface area contributed by atoms with Crippen molar-refractivity contribution in [3.05, 3.63) is 87.0 Å². The predicted molar refractivity (Wildman–Crippen MR) is 86.9 cm³/mol. The molecule has 0 amide bonds. The fourth-order valence-corrected chi connectivity index (χ4v) is 2.59. The fourth-order valence-electron chi connectivity index (χ4n) is 2.38. The molecule has 3 nitrogen and oxygen atoms in total. The molecule has 0 saturated heterocycles. The molecule has 0 bridgehead atoms. The zero-order valence-corrected chi connectivity index (χ0v) is 12.1. The number of hydrogen-bond acceptors (Lipinski definition) is 2. The second kappa shape index (κ2) is 5.89. The Morgan fingerprint density at radius 1 is 0.857 bits per heavy atom. The molecule has 2 aromatic carbocycles. The van der Waals surface area contributed by atoms with E-state index < -0.39 is 0 Å². The van der Waals surface area contributed by atoms with E-state index in [1.54, 1.807) is 0 Å². The summed E-state index contributed by atoms with van der Waals surface area (Å²) in [6, 6.07) is 19.6. The topological polar surface area (TPSA) is 48.6 Å². The van der Waals surface area contributed by atoms with Crippen LogP contribution in [0, 0.1) is 4.77 Å². The summed E-state index contributed by atoms with van der Waals surface area (Å²) in [4.78, 5) is 18.1. The number of benzene rings is 2. The minimum atomic E-state index is -0.157. The van der Waals surface area contributed by atoms with Crippen LogP contribution in [0.3, 0.4) is 0 Å². The number of rotatable bonds is 3. The molecule has 4 heteroatoms. The van der Waals surface area contributed by atoms with E-state index in [0.717, 1.165) is 16.8 Å². The lowest BCUT2D eigenvalue weighted by Gasteiger charge is -2.09. The van der Waals surface area contributed by atoms with Crippen LogP contribution in [0.1, 0.15) is 11.3 Å². The van der Waals surface area contributed by atoms with Gasteiger partial charge in [-0.25, -0.2) is 0 Å². The summed E-state index contributed by atoms with van der Waals surface area (Å²) >= 11 is 5.10. The molecule has 2 N–H and O–H groups in total. The number of H-pyrrole nitrogens is 2. The van der Waals surface area contributed by atoms with Crippen molar-refractivity contribution in [1.82, 2.24) is 9.97 Å². The van der Waals surface area contributed by atoms with Gasteiger partial charge in [0.05, 0.1) is 5.56 Å². The lowest BCUT2D eigenvalue weighted by molar-refractivity contribution is 0.991. The molecular weight excluding hydrogens is 280 g/mol. The lowest BCUT2D eigenvalue weighted by Crippen LogP contribution is -2.14. The van der Waals surface area contributed by atoms with Crippen molar-refractivity contribution in [2.75, 3.05) is 0 Å². The van der Waals surface area contributed by atoms with Crippen LogP contribution >= 0.6 is 12.2 Å². The van der Waals surface area contributed by atoms with Crippen LogP contribution in [0.25, 0.3) is 11.1 Å². The highest BCUT2D eigenvalue weighted by Gasteiger charge is 2.11. The van der Waals surface area contributed by atoms with Crippen molar-refractivity contribution >= 4 is 12.2 Å². The first-order valence-electron chi connectivity index (χ1n) is 6.69. The maximum Gasteiger partial charge on any atom is 0.259 e. The van der Waals surface area contributed by atoms with Crippen molar-refractivity contribution in [2.45, 2.75) is 6.42 Å². The van der Waals surface area contributed by atoms with Crippen LogP contribution < -0.4 is 5.56 Å². The highest BCUT2D eigenvalue weighted by Crippen LogP contribution is 2.20. The minimum Gasteiger partial charge on any atom is -0.335 e. The molecule has 0 aliphatic heterocycles. The van der Waals surface area contributed by atoms with E-state index in [-0.39, 0.29) is 5.56 Å². The molecule has 104 valence electrons. The van der Waals surface area contributed by atoms with Gasteiger partial charge in [0, 0.05) is 12.1 Å². The number of aromatic nitrogens is 2. The lowest BCUT2D eigenvalue weighted by atomic mass is 10.0. The average Bonchev–Trinajstić information content (AvgIpc) is 2.48. The summed E-state index contributed by atoms with van der Waals surface area (Å²) < 4.78 is 0.352. The van der Waals surface area contributed by atoms with Crippen molar-refractivity contribution in [2.24, 2.45) is 0 Å². The summed E-state index contributed by atoms with van der Waals surface area (Å²) in [7, 11) is 0. The van der Waals surface area contributed by atoms with Crippen molar-refractivity contribution in [3.63, 3.8) is 0 Å². The van der Waals surface area contributed by atoms with Crippen LogP contribution in [0.15, 0.2) is 65.5 Å². The Morgan fingerprint density at radius 3 is 2.14 bits per heavy atom. The highest BCUT2D eigenvalue weighted by molar-refractivity contribution is 7.71. The largest absolute Gasteiger partial charge is 0.335 e. The Balaban J connectivity index is 2.16. The Kier molecular flexibility index (Phi) is 3.79. The van der Waals surface area contributed by atoms with Gasteiger partial charge in [-0.1, -0.05) is 60.7 Å². The first-order valence-corrected chi connectivity index (χ1v) is 7.09. The third-order valence-electron chi connectivity index (χ3n) is 3.31. The summed E-state index contributed by atoms with van der Waals surface area (Å²) in [5.74, 6) is 0. The first kappa shape index (κ1) is 13.5. The number of hydrogen-bond donors (Lipinski definition) is 2. The summed E-state index contributed by atoms with van der Waals surface area (Å²) in [6.45, 7) is 0. The van der Waals surface area contributed by atoms with Crippen molar-refractivity contribution in [1.29, 1.82) is 0 Å². The molecule has 0 radical (unpaired) electrons. The van der Waals surface area contributed by atoms with Gasteiger partial charge < -0.3 is 4.98 Å². The SMILES string of the molecule is O=c1[nH]c(=S)[nH]c(Cc2ccccc2)c1-c1ccccc1. The number of nitrogens with one attached hydrogen (secondary N) is 2. The van der Waals surface area contributed by atoms with E-state index in [2.05, 4.69) is 9.97 Å². The Bertz CT molecular complexity index is 851. The first-order chi connectivity index (χ1) is 10.2.